The van der Waals surface area contributed by atoms with Gasteiger partial charge in [-0.25, -0.2) is 0 Å². The summed E-state index contributed by atoms with van der Waals surface area (Å²) < 4.78 is 6.45. The van der Waals surface area contributed by atoms with E-state index in [1.807, 2.05) is 24.3 Å². The minimum absolute atomic E-state index is 0.390. The van der Waals surface area contributed by atoms with E-state index < -0.39 is 0 Å². The van der Waals surface area contributed by atoms with Crippen molar-refractivity contribution in [3.63, 3.8) is 0 Å². The third kappa shape index (κ3) is 2.79. The predicted molar refractivity (Wildman–Crippen MR) is 81.2 cm³/mol. The van der Waals surface area contributed by atoms with E-state index in [4.69, 9.17) is 10.3 Å². The smallest absolute Gasteiger partial charge is 0.230 e. The highest BCUT2D eigenvalue weighted by Crippen LogP contribution is 2.35. The van der Waals surface area contributed by atoms with Crippen LogP contribution in [0, 0.1) is 5.92 Å². The van der Waals surface area contributed by atoms with Crippen LogP contribution in [-0.4, -0.2) is 16.7 Å². The van der Waals surface area contributed by atoms with Crippen LogP contribution < -0.4 is 5.73 Å². The number of nitrogens with two attached hydrogens (primary N) is 1. The van der Waals surface area contributed by atoms with Crippen LogP contribution in [0.4, 0.5) is 0 Å². The summed E-state index contributed by atoms with van der Waals surface area (Å²) in [5, 5.41) is 4.12. The van der Waals surface area contributed by atoms with E-state index in [2.05, 4.69) is 26.1 Å². The lowest BCUT2D eigenvalue weighted by atomic mass is 9.82. The Morgan fingerprint density at radius 1 is 1.20 bits per heavy atom. The molecule has 1 saturated carbocycles. The van der Waals surface area contributed by atoms with E-state index in [9.17, 15) is 0 Å². The fourth-order valence-electron chi connectivity index (χ4n) is 2.80. The Labute approximate surface area is 126 Å². The molecule has 5 heteroatoms. The van der Waals surface area contributed by atoms with Crippen LogP contribution in [0.3, 0.4) is 0 Å². The van der Waals surface area contributed by atoms with Crippen LogP contribution >= 0.6 is 15.9 Å². The second-order valence-corrected chi connectivity index (χ2v) is 6.24. The molecule has 0 saturated heterocycles. The number of benzene rings is 1. The summed E-state index contributed by atoms with van der Waals surface area (Å²) in [5.41, 5.74) is 6.70. The zero-order chi connectivity index (χ0) is 13.9. The SMILES string of the molecule is NCC1CCC(c2nc(-c3ccccc3Br)no2)CC1. The van der Waals surface area contributed by atoms with Gasteiger partial charge in [-0.3, -0.25) is 0 Å². The second-order valence-electron chi connectivity index (χ2n) is 5.39. The van der Waals surface area contributed by atoms with Crippen molar-refractivity contribution in [1.82, 2.24) is 10.1 Å². The summed E-state index contributed by atoms with van der Waals surface area (Å²) in [5.74, 6) is 2.48. The van der Waals surface area contributed by atoms with Crippen molar-refractivity contribution in [2.24, 2.45) is 11.7 Å². The maximum absolute atomic E-state index is 5.73. The summed E-state index contributed by atoms with van der Waals surface area (Å²) in [6, 6.07) is 7.92. The minimum Gasteiger partial charge on any atom is -0.339 e. The van der Waals surface area contributed by atoms with Gasteiger partial charge in [-0.05, 0) is 50.3 Å². The molecule has 1 aliphatic rings. The molecule has 2 N–H and O–H groups in total. The molecule has 4 nitrogen and oxygen atoms in total. The molecular formula is C15H18BrN3O. The lowest BCUT2D eigenvalue weighted by Crippen LogP contribution is -2.20. The lowest BCUT2D eigenvalue weighted by molar-refractivity contribution is 0.275. The van der Waals surface area contributed by atoms with Crippen molar-refractivity contribution in [2.75, 3.05) is 6.54 Å². The predicted octanol–water partition coefficient (Wildman–Crippen LogP) is 3.73. The van der Waals surface area contributed by atoms with Gasteiger partial charge < -0.3 is 10.3 Å². The molecule has 0 amide bonds. The molecule has 0 radical (unpaired) electrons. The summed E-state index contributed by atoms with van der Waals surface area (Å²) in [6.07, 6.45) is 4.51. The van der Waals surface area contributed by atoms with Crippen LogP contribution in [0.25, 0.3) is 11.4 Å². The Morgan fingerprint density at radius 3 is 2.65 bits per heavy atom. The molecule has 3 rings (SSSR count). The standard InChI is InChI=1S/C15H18BrN3O/c16-13-4-2-1-3-12(13)14-18-15(20-19-14)11-7-5-10(9-17)6-8-11/h1-4,10-11H,5-9,17H2. The highest BCUT2D eigenvalue weighted by atomic mass is 79.9. The molecule has 1 aliphatic carbocycles. The zero-order valence-corrected chi connectivity index (χ0v) is 12.8. The maximum atomic E-state index is 5.73. The van der Waals surface area contributed by atoms with Gasteiger partial charge in [0.1, 0.15) is 0 Å². The highest BCUT2D eigenvalue weighted by molar-refractivity contribution is 9.10. The topological polar surface area (TPSA) is 64.9 Å². The Hall–Kier alpha value is -1.20. The summed E-state index contributed by atoms with van der Waals surface area (Å²) in [6.45, 7) is 0.790. The van der Waals surface area contributed by atoms with E-state index in [0.29, 0.717) is 17.7 Å². The Kier molecular flexibility index (Phi) is 4.17. The second kappa shape index (κ2) is 6.06. The van der Waals surface area contributed by atoms with Crippen molar-refractivity contribution in [3.8, 4) is 11.4 Å². The molecule has 0 atom stereocenters. The molecular weight excluding hydrogens is 318 g/mol. The average molecular weight is 336 g/mol. The van der Waals surface area contributed by atoms with Crippen molar-refractivity contribution in [3.05, 3.63) is 34.6 Å². The fourth-order valence-corrected chi connectivity index (χ4v) is 3.26. The van der Waals surface area contributed by atoms with Gasteiger partial charge in [0.25, 0.3) is 0 Å². The third-order valence-corrected chi connectivity index (χ3v) is 4.78. The molecule has 20 heavy (non-hydrogen) atoms. The van der Waals surface area contributed by atoms with Crippen LogP contribution in [0.15, 0.2) is 33.3 Å². The van der Waals surface area contributed by atoms with Crippen LogP contribution in [0.2, 0.25) is 0 Å². The number of nitrogens with zero attached hydrogens (tertiary/aromatic N) is 2. The maximum Gasteiger partial charge on any atom is 0.230 e. The monoisotopic (exact) mass is 335 g/mol. The van der Waals surface area contributed by atoms with E-state index in [0.717, 1.165) is 48.2 Å². The van der Waals surface area contributed by atoms with Gasteiger partial charge in [0.15, 0.2) is 0 Å². The number of hydrogen-bond donors (Lipinski definition) is 1. The van der Waals surface area contributed by atoms with Gasteiger partial charge in [0.2, 0.25) is 11.7 Å². The summed E-state index contributed by atoms with van der Waals surface area (Å²) in [4.78, 5) is 4.58. The number of aromatic nitrogens is 2. The zero-order valence-electron chi connectivity index (χ0n) is 11.3. The van der Waals surface area contributed by atoms with Crippen LogP contribution in [0.1, 0.15) is 37.5 Å². The first-order valence-electron chi connectivity index (χ1n) is 7.06. The van der Waals surface area contributed by atoms with E-state index in [1.54, 1.807) is 0 Å². The van der Waals surface area contributed by atoms with Gasteiger partial charge in [-0.2, -0.15) is 4.98 Å². The third-order valence-electron chi connectivity index (χ3n) is 4.09. The van der Waals surface area contributed by atoms with Crippen molar-refractivity contribution in [2.45, 2.75) is 31.6 Å². The molecule has 2 aromatic rings. The molecule has 1 fully saturated rings. The van der Waals surface area contributed by atoms with E-state index in [1.165, 1.54) is 0 Å². The summed E-state index contributed by atoms with van der Waals surface area (Å²) >= 11 is 3.52. The molecule has 0 aliphatic heterocycles. The molecule has 1 heterocycles. The first kappa shape index (κ1) is 13.8. The van der Waals surface area contributed by atoms with Gasteiger partial charge in [-0.15, -0.1) is 0 Å². The quantitative estimate of drug-likeness (QED) is 0.927. The van der Waals surface area contributed by atoms with Gasteiger partial charge in [0, 0.05) is 16.0 Å². The van der Waals surface area contributed by atoms with E-state index >= 15 is 0 Å². The van der Waals surface area contributed by atoms with Crippen molar-refractivity contribution in [1.29, 1.82) is 0 Å². The van der Waals surface area contributed by atoms with Crippen molar-refractivity contribution < 1.29 is 4.52 Å². The Morgan fingerprint density at radius 2 is 1.95 bits per heavy atom. The molecule has 106 valence electrons. The molecule has 1 aromatic carbocycles. The van der Waals surface area contributed by atoms with Gasteiger partial charge >= 0.3 is 0 Å². The number of halogens is 1. The van der Waals surface area contributed by atoms with Gasteiger partial charge in [0.05, 0.1) is 0 Å². The fraction of sp³-hybridized carbons (Fsp3) is 0.467. The minimum atomic E-state index is 0.390. The number of rotatable bonds is 3. The Balaban J connectivity index is 1.76. The molecule has 1 aromatic heterocycles. The molecule has 0 bridgehead atoms. The van der Waals surface area contributed by atoms with E-state index in [-0.39, 0.29) is 0 Å². The lowest BCUT2D eigenvalue weighted by Gasteiger charge is -2.24. The van der Waals surface area contributed by atoms with Gasteiger partial charge in [-0.1, -0.05) is 33.2 Å². The number of hydrogen-bond acceptors (Lipinski definition) is 4. The summed E-state index contributed by atoms with van der Waals surface area (Å²) in [7, 11) is 0. The highest BCUT2D eigenvalue weighted by Gasteiger charge is 2.26. The normalized spacial score (nSPS) is 22.9. The average Bonchev–Trinajstić information content (AvgIpc) is 2.97. The Bertz CT molecular complexity index is 576. The van der Waals surface area contributed by atoms with Crippen LogP contribution in [-0.2, 0) is 0 Å². The van der Waals surface area contributed by atoms with Crippen LogP contribution in [0.5, 0.6) is 0 Å². The first-order chi connectivity index (χ1) is 9.78. The first-order valence-corrected chi connectivity index (χ1v) is 7.86. The largest absolute Gasteiger partial charge is 0.339 e. The molecule has 0 spiro atoms. The molecule has 0 unspecified atom stereocenters. The van der Waals surface area contributed by atoms with Crippen molar-refractivity contribution >= 4 is 15.9 Å².